The summed E-state index contributed by atoms with van der Waals surface area (Å²) in [5, 5.41) is 7.49. The molecular weight excluding hydrogens is 298 g/mol. The minimum atomic E-state index is -0.166. The van der Waals surface area contributed by atoms with E-state index >= 15 is 0 Å². The summed E-state index contributed by atoms with van der Waals surface area (Å²) < 4.78 is 8.79. The van der Waals surface area contributed by atoms with Crippen molar-refractivity contribution in [2.45, 2.75) is 6.42 Å². The zero-order chi connectivity index (χ0) is 14.4. The van der Waals surface area contributed by atoms with Crippen molar-refractivity contribution in [3.05, 3.63) is 34.2 Å². The van der Waals surface area contributed by atoms with Crippen LogP contribution >= 0.6 is 23.1 Å². The molecule has 0 aliphatic carbocycles. The van der Waals surface area contributed by atoms with Crippen molar-refractivity contribution in [3.8, 4) is 11.3 Å². The van der Waals surface area contributed by atoms with Crippen molar-refractivity contribution >= 4 is 29.0 Å². The minimum Gasteiger partial charge on any atom is -0.385 e. The molecule has 5 nitrogen and oxygen atoms in total. The Labute approximate surface area is 126 Å². The fraction of sp³-hybridized carbons (Fsp3) is 0.308. The molecular formula is C13H14ClN3O2S. The maximum Gasteiger partial charge on any atom is 0.265 e. The van der Waals surface area contributed by atoms with Crippen LogP contribution in [-0.4, -0.2) is 35.8 Å². The molecule has 1 heterocycles. The van der Waals surface area contributed by atoms with Gasteiger partial charge in [0.05, 0.1) is 0 Å². The zero-order valence-corrected chi connectivity index (χ0v) is 12.5. The van der Waals surface area contributed by atoms with Crippen molar-refractivity contribution in [3.63, 3.8) is 0 Å². The van der Waals surface area contributed by atoms with Crippen LogP contribution in [0.4, 0.5) is 0 Å². The molecule has 7 heteroatoms. The summed E-state index contributed by atoms with van der Waals surface area (Å²) in [4.78, 5) is 12.6. The average molecular weight is 312 g/mol. The molecule has 0 unspecified atom stereocenters. The van der Waals surface area contributed by atoms with E-state index in [1.54, 1.807) is 19.2 Å². The molecule has 0 radical (unpaired) electrons. The smallest absolute Gasteiger partial charge is 0.265 e. The molecule has 0 fully saturated rings. The van der Waals surface area contributed by atoms with Gasteiger partial charge in [-0.25, -0.2) is 0 Å². The summed E-state index contributed by atoms with van der Waals surface area (Å²) in [7, 11) is 1.63. The average Bonchev–Trinajstić information content (AvgIpc) is 2.93. The Hall–Kier alpha value is -1.50. The van der Waals surface area contributed by atoms with Crippen LogP contribution in [0.3, 0.4) is 0 Å². The van der Waals surface area contributed by atoms with Gasteiger partial charge in [-0.05, 0) is 30.1 Å². The molecule has 0 spiro atoms. The number of nitrogens with zero attached hydrogens (tertiary/aromatic N) is 2. The van der Waals surface area contributed by atoms with E-state index < -0.39 is 0 Å². The van der Waals surface area contributed by atoms with Gasteiger partial charge >= 0.3 is 0 Å². The van der Waals surface area contributed by atoms with Crippen molar-refractivity contribution in [1.29, 1.82) is 0 Å². The standard InChI is InChI=1S/C13H14ClN3O2S/c1-19-8-2-7-15-13(18)12-11(16-17-20-12)9-3-5-10(14)6-4-9/h3-6H,2,7-8H2,1H3,(H,15,18). The zero-order valence-electron chi connectivity index (χ0n) is 10.9. The number of rotatable bonds is 6. The Morgan fingerprint density at radius 3 is 2.85 bits per heavy atom. The fourth-order valence-electron chi connectivity index (χ4n) is 1.63. The monoisotopic (exact) mass is 311 g/mol. The Kier molecular flexibility index (Phi) is 5.46. The maximum atomic E-state index is 12.1. The van der Waals surface area contributed by atoms with Crippen LogP contribution in [0, 0.1) is 0 Å². The van der Waals surface area contributed by atoms with Gasteiger partial charge in [0.1, 0.15) is 10.6 Å². The second-order valence-corrected chi connectivity index (χ2v) is 5.25. The summed E-state index contributed by atoms with van der Waals surface area (Å²) in [6.07, 6.45) is 0.769. The quantitative estimate of drug-likeness (QED) is 0.833. The highest BCUT2D eigenvalue weighted by Crippen LogP contribution is 2.25. The van der Waals surface area contributed by atoms with Gasteiger partial charge in [0, 0.05) is 30.8 Å². The minimum absolute atomic E-state index is 0.166. The molecule has 1 amide bonds. The number of methoxy groups -OCH3 is 1. The number of benzene rings is 1. The van der Waals surface area contributed by atoms with Crippen LogP contribution < -0.4 is 5.32 Å². The maximum absolute atomic E-state index is 12.1. The van der Waals surface area contributed by atoms with Gasteiger partial charge in [-0.1, -0.05) is 28.2 Å². The SMILES string of the molecule is COCCCNC(=O)c1snnc1-c1ccc(Cl)cc1. The summed E-state index contributed by atoms with van der Waals surface area (Å²) in [5.74, 6) is -0.166. The largest absolute Gasteiger partial charge is 0.385 e. The number of nitrogens with one attached hydrogen (secondary N) is 1. The highest BCUT2D eigenvalue weighted by Gasteiger charge is 2.17. The van der Waals surface area contributed by atoms with Gasteiger partial charge in [0.25, 0.3) is 5.91 Å². The van der Waals surface area contributed by atoms with Gasteiger partial charge in [-0.3, -0.25) is 4.79 Å². The molecule has 2 aromatic rings. The molecule has 106 valence electrons. The van der Waals surface area contributed by atoms with Crippen LogP contribution in [0.1, 0.15) is 16.1 Å². The van der Waals surface area contributed by atoms with E-state index in [-0.39, 0.29) is 5.91 Å². The van der Waals surface area contributed by atoms with Crippen LogP contribution in [0.15, 0.2) is 24.3 Å². The Bertz CT molecular complexity index is 571. The number of amides is 1. The third-order valence-corrected chi connectivity index (χ3v) is 3.60. The van der Waals surface area contributed by atoms with Gasteiger partial charge in [-0.2, -0.15) is 0 Å². The molecule has 2 rings (SSSR count). The van der Waals surface area contributed by atoms with Crippen LogP contribution in [0.25, 0.3) is 11.3 Å². The Morgan fingerprint density at radius 1 is 1.40 bits per heavy atom. The lowest BCUT2D eigenvalue weighted by molar-refractivity contribution is 0.0953. The van der Waals surface area contributed by atoms with Crippen LogP contribution in [0.2, 0.25) is 5.02 Å². The van der Waals surface area contributed by atoms with Gasteiger partial charge in [0.15, 0.2) is 0 Å². The Balaban J connectivity index is 2.08. The second kappa shape index (κ2) is 7.33. The van der Waals surface area contributed by atoms with Crippen molar-refractivity contribution < 1.29 is 9.53 Å². The van der Waals surface area contributed by atoms with E-state index in [4.69, 9.17) is 16.3 Å². The number of hydrogen-bond acceptors (Lipinski definition) is 5. The molecule has 0 aliphatic rings. The van der Waals surface area contributed by atoms with Gasteiger partial charge in [-0.15, -0.1) is 5.10 Å². The molecule has 0 bridgehead atoms. The highest BCUT2D eigenvalue weighted by molar-refractivity contribution is 7.08. The number of carbonyl (C=O) groups is 1. The topological polar surface area (TPSA) is 64.1 Å². The summed E-state index contributed by atoms with van der Waals surface area (Å²) in [5.41, 5.74) is 1.40. The first kappa shape index (κ1) is 14.9. The molecule has 0 saturated heterocycles. The first-order valence-electron chi connectivity index (χ1n) is 6.08. The van der Waals surface area contributed by atoms with E-state index in [0.717, 1.165) is 23.5 Å². The first-order valence-corrected chi connectivity index (χ1v) is 7.23. The van der Waals surface area contributed by atoms with E-state index in [1.165, 1.54) is 0 Å². The number of carbonyl (C=O) groups excluding carboxylic acids is 1. The second-order valence-electron chi connectivity index (χ2n) is 4.06. The molecule has 1 N–H and O–H groups in total. The van der Waals surface area contributed by atoms with Crippen molar-refractivity contribution in [2.24, 2.45) is 0 Å². The fourth-order valence-corrected chi connectivity index (χ4v) is 2.37. The molecule has 1 aromatic carbocycles. The molecule has 1 aromatic heterocycles. The third kappa shape index (κ3) is 3.75. The Morgan fingerprint density at radius 2 is 2.15 bits per heavy atom. The van der Waals surface area contributed by atoms with E-state index in [9.17, 15) is 4.79 Å². The third-order valence-electron chi connectivity index (χ3n) is 2.62. The summed E-state index contributed by atoms with van der Waals surface area (Å²) in [6.45, 7) is 1.18. The van der Waals surface area contributed by atoms with Gasteiger partial charge < -0.3 is 10.1 Å². The van der Waals surface area contributed by atoms with Crippen LogP contribution in [0.5, 0.6) is 0 Å². The van der Waals surface area contributed by atoms with Gasteiger partial charge in [0.2, 0.25) is 0 Å². The van der Waals surface area contributed by atoms with Crippen LogP contribution in [-0.2, 0) is 4.74 Å². The van der Waals surface area contributed by atoms with E-state index in [1.807, 2.05) is 12.1 Å². The summed E-state index contributed by atoms with van der Waals surface area (Å²) in [6, 6.07) is 7.16. The predicted octanol–water partition coefficient (Wildman–Crippen LogP) is 2.62. The molecule has 0 atom stereocenters. The molecule has 20 heavy (non-hydrogen) atoms. The first-order chi connectivity index (χ1) is 9.72. The predicted molar refractivity (Wildman–Crippen MR) is 79.2 cm³/mol. The highest BCUT2D eigenvalue weighted by atomic mass is 35.5. The normalized spacial score (nSPS) is 10.5. The van der Waals surface area contributed by atoms with E-state index in [2.05, 4.69) is 14.9 Å². The molecule has 0 saturated carbocycles. The molecule has 0 aliphatic heterocycles. The lowest BCUT2D eigenvalue weighted by atomic mass is 10.1. The lowest BCUT2D eigenvalue weighted by Gasteiger charge is -2.04. The number of ether oxygens (including phenoxy) is 1. The number of halogens is 1. The summed E-state index contributed by atoms with van der Waals surface area (Å²) >= 11 is 6.93. The number of hydrogen-bond donors (Lipinski definition) is 1. The number of aromatic nitrogens is 2. The lowest BCUT2D eigenvalue weighted by Crippen LogP contribution is -2.24. The van der Waals surface area contributed by atoms with E-state index in [0.29, 0.717) is 28.7 Å². The van der Waals surface area contributed by atoms with Crippen molar-refractivity contribution in [2.75, 3.05) is 20.3 Å². The van der Waals surface area contributed by atoms with Crippen molar-refractivity contribution in [1.82, 2.24) is 14.9 Å².